The van der Waals surface area contributed by atoms with Gasteiger partial charge in [-0.25, -0.2) is 9.79 Å². The van der Waals surface area contributed by atoms with E-state index in [0.717, 1.165) is 6.08 Å². The van der Waals surface area contributed by atoms with Crippen molar-refractivity contribution in [3.63, 3.8) is 0 Å². The largest absolute Gasteiger partial charge is 0.350 e. The molecule has 5 heteroatoms. The summed E-state index contributed by atoms with van der Waals surface area (Å²) in [6.45, 7) is 4.92. The van der Waals surface area contributed by atoms with E-state index in [-0.39, 0.29) is 11.9 Å². The number of carbonyl (C=O) groups excluding carboxylic acids is 2. The average molecular weight is 169 g/mol. The molecule has 12 heavy (non-hydrogen) atoms. The Morgan fingerprint density at radius 1 is 1.67 bits per heavy atom. The first-order valence-electron chi connectivity index (χ1n) is 3.33. The highest BCUT2D eigenvalue weighted by Crippen LogP contribution is 1.78. The normalized spacial score (nSPS) is 12.4. The summed E-state index contributed by atoms with van der Waals surface area (Å²) < 4.78 is 0. The first-order valence-corrected chi connectivity index (χ1v) is 3.33. The van der Waals surface area contributed by atoms with Crippen LogP contribution in [0.2, 0.25) is 0 Å². The van der Waals surface area contributed by atoms with E-state index in [1.54, 1.807) is 6.92 Å². The van der Waals surface area contributed by atoms with E-state index in [1.165, 1.54) is 6.21 Å². The molecule has 3 amide bonds. The summed E-state index contributed by atoms with van der Waals surface area (Å²) in [7, 11) is 0. The van der Waals surface area contributed by atoms with Crippen LogP contribution in [0.4, 0.5) is 4.79 Å². The first kappa shape index (κ1) is 10.3. The maximum atomic E-state index is 10.7. The predicted octanol–water partition coefficient (Wildman–Crippen LogP) is -0.173. The topological polar surface area (TPSA) is 84.6 Å². The molecular formula is C7H11N3O2. The summed E-state index contributed by atoms with van der Waals surface area (Å²) in [6, 6.07) is -1.11. The van der Waals surface area contributed by atoms with Gasteiger partial charge < -0.3 is 11.1 Å². The maximum absolute atomic E-state index is 10.7. The van der Waals surface area contributed by atoms with Gasteiger partial charge >= 0.3 is 6.03 Å². The molecule has 0 rings (SSSR count). The minimum atomic E-state index is -0.783. The smallest absolute Gasteiger partial charge is 0.338 e. The summed E-state index contributed by atoms with van der Waals surface area (Å²) in [5.41, 5.74) is 4.73. The lowest BCUT2D eigenvalue weighted by Gasteiger charge is -2.04. The van der Waals surface area contributed by atoms with Gasteiger partial charge in [-0.1, -0.05) is 6.58 Å². The van der Waals surface area contributed by atoms with E-state index in [2.05, 4.69) is 16.9 Å². The first-order chi connectivity index (χ1) is 5.56. The van der Waals surface area contributed by atoms with Crippen LogP contribution in [-0.4, -0.2) is 24.2 Å². The van der Waals surface area contributed by atoms with Gasteiger partial charge in [0.25, 0.3) is 0 Å². The zero-order chi connectivity index (χ0) is 9.56. The van der Waals surface area contributed by atoms with Crippen molar-refractivity contribution in [1.82, 2.24) is 5.32 Å². The van der Waals surface area contributed by atoms with E-state index < -0.39 is 6.03 Å². The Morgan fingerprint density at radius 3 is 2.67 bits per heavy atom. The van der Waals surface area contributed by atoms with Crippen LogP contribution < -0.4 is 11.1 Å². The van der Waals surface area contributed by atoms with E-state index in [9.17, 15) is 9.59 Å². The molecule has 0 aliphatic heterocycles. The molecule has 3 N–H and O–H groups in total. The van der Waals surface area contributed by atoms with Crippen LogP contribution >= 0.6 is 0 Å². The molecule has 0 saturated heterocycles. The van der Waals surface area contributed by atoms with Crippen LogP contribution in [0, 0.1) is 0 Å². The second kappa shape index (κ2) is 5.06. The number of nitrogens with two attached hydrogens (primary N) is 1. The van der Waals surface area contributed by atoms with Crippen molar-refractivity contribution < 1.29 is 9.59 Å². The number of rotatable bonds is 3. The van der Waals surface area contributed by atoms with Gasteiger partial charge in [0.05, 0.1) is 6.04 Å². The molecule has 0 aromatic rings. The molecule has 0 bridgehead atoms. The van der Waals surface area contributed by atoms with Crippen LogP contribution in [0.15, 0.2) is 17.6 Å². The number of nitrogens with zero attached hydrogens (tertiary/aromatic N) is 1. The van der Waals surface area contributed by atoms with Gasteiger partial charge in [-0.2, -0.15) is 0 Å². The summed E-state index contributed by atoms with van der Waals surface area (Å²) in [5.74, 6) is -0.321. The monoisotopic (exact) mass is 169 g/mol. The number of hydrogen-bond acceptors (Lipinski definition) is 2. The van der Waals surface area contributed by atoms with E-state index in [1.807, 2.05) is 0 Å². The standard InChI is InChI=1S/C7H11N3O2/c1-3-6(11)10-5(2)4-9-7(8)12/h3-5H,1H2,2H3,(H2,8,12)(H,10,11)/b9-4+. The SMILES string of the molecule is C=CC(=O)NC(C)/C=N/C(N)=O. The zero-order valence-corrected chi connectivity index (χ0v) is 6.78. The lowest BCUT2D eigenvalue weighted by molar-refractivity contribution is -0.116. The Bertz CT molecular complexity index is 223. The lowest BCUT2D eigenvalue weighted by atomic mass is 10.3. The van der Waals surface area contributed by atoms with Crippen molar-refractivity contribution >= 4 is 18.2 Å². The van der Waals surface area contributed by atoms with Crippen molar-refractivity contribution in [3.05, 3.63) is 12.7 Å². The summed E-state index contributed by atoms with van der Waals surface area (Å²) >= 11 is 0. The third-order valence-corrected chi connectivity index (χ3v) is 0.981. The second-order valence-electron chi connectivity index (χ2n) is 2.12. The molecule has 66 valence electrons. The molecule has 0 heterocycles. The van der Waals surface area contributed by atoms with Gasteiger partial charge in [0, 0.05) is 6.21 Å². The number of urea groups is 1. The number of nitrogens with one attached hydrogen (secondary N) is 1. The predicted molar refractivity (Wildman–Crippen MR) is 45.9 cm³/mol. The zero-order valence-electron chi connectivity index (χ0n) is 6.78. The van der Waals surface area contributed by atoms with Crippen LogP contribution in [-0.2, 0) is 4.79 Å². The molecule has 0 aromatic heterocycles. The Morgan fingerprint density at radius 2 is 2.25 bits per heavy atom. The number of hydrogen-bond donors (Lipinski definition) is 2. The number of aliphatic imine (C=N–C) groups is 1. The van der Waals surface area contributed by atoms with Gasteiger partial charge in [0.15, 0.2) is 0 Å². The van der Waals surface area contributed by atoms with Crippen LogP contribution in [0.25, 0.3) is 0 Å². The quantitative estimate of drug-likeness (QED) is 0.454. The molecule has 0 aromatic carbocycles. The third kappa shape index (κ3) is 5.16. The van der Waals surface area contributed by atoms with Crippen molar-refractivity contribution in [2.75, 3.05) is 0 Å². The van der Waals surface area contributed by atoms with Crippen molar-refractivity contribution in [1.29, 1.82) is 0 Å². The molecule has 0 saturated carbocycles. The fraction of sp³-hybridized carbons (Fsp3) is 0.286. The third-order valence-electron chi connectivity index (χ3n) is 0.981. The number of carbonyl (C=O) groups is 2. The highest BCUT2D eigenvalue weighted by molar-refractivity contribution is 5.91. The van der Waals surface area contributed by atoms with Gasteiger partial charge in [0.2, 0.25) is 5.91 Å². The number of amides is 3. The Hall–Kier alpha value is -1.65. The molecule has 5 nitrogen and oxygen atoms in total. The van der Waals surface area contributed by atoms with Crippen LogP contribution in [0.5, 0.6) is 0 Å². The Labute approximate surface area is 70.3 Å². The second-order valence-corrected chi connectivity index (χ2v) is 2.12. The molecule has 0 spiro atoms. The molecular weight excluding hydrogens is 158 g/mol. The highest BCUT2D eigenvalue weighted by atomic mass is 16.2. The summed E-state index contributed by atoms with van der Waals surface area (Å²) in [6.07, 6.45) is 2.39. The van der Waals surface area contributed by atoms with E-state index in [4.69, 9.17) is 5.73 Å². The average Bonchev–Trinajstić information content (AvgIpc) is 2.00. The Balaban J connectivity index is 3.88. The van der Waals surface area contributed by atoms with Crippen molar-refractivity contribution in [2.45, 2.75) is 13.0 Å². The van der Waals surface area contributed by atoms with Gasteiger partial charge in [-0.15, -0.1) is 0 Å². The van der Waals surface area contributed by atoms with Gasteiger partial charge in [0.1, 0.15) is 0 Å². The minimum Gasteiger partial charge on any atom is -0.350 e. The number of primary amides is 1. The Kier molecular flexibility index (Phi) is 4.36. The minimum absolute atomic E-state index is 0.321. The lowest BCUT2D eigenvalue weighted by Crippen LogP contribution is -2.32. The highest BCUT2D eigenvalue weighted by Gasteiger charge is 1.99. The molecule has 1 unspecified atom stereocenters. The molecule has 0 aliphatic carbocycles. The van der Waals surface area contributed by atoms with Crippen molar-refractivity contribution in [3.8, 4) is 0 Å². The van der Waals surface area contributed by atoms with Crippen molar-refractivity contribution in [2.24, 2.45) is 10.7 Å². The van der Waals surface area contributed by atoms with Crippen LogP contribution in [0.3, 0.4) is 0 Å². The summed E-state index contributed by atoms with van der Waals surface area (Å²) in [5, 5.41) is 2.47. The van der Waals surface area contributed by atoms with E-state index >= 15 is 0 Å². The fourth-order valence-electron chi connectivity index (χ4n) is 0.506. The van der Waals surface area contributed by atoms with Gasteiger partial charge in [-0.05, 0) is 13.0 Å². The molecule has 1 atom stereocenters. The molecule has 0 fully saturated rings. The maximum Gasteiger partial charge on any atom is 0.338 e. The molecule has 0 aliphatic rings. The van der Waals surface area contributed by atoms with Crippen LogP contribution in [0.1, 0.15) is 6.92 Å². The van der Waals surface area contributed by atoms with E-state index in [0.29, 0.717) is 0 Å². The van der Waals surface area contributed by atoms with Gasteiger partial charge in [-0.3, -0.25) is 4.79 Å². The summed E-state index contributed by atoms with van der Waals surface area (Å²) in [4.78, 5) is 24.1. The molecule has 0 radical (unpaired) electrons. The fourth-order valence-corrected chi connectivity index (χ4v) is 0.506.